The molecular weight excluding hydrogens is 468 g/mol. The van der Waals surface area contributed by atoms with Gasteiger partial charge in [0.15, 0.2) is 0 Å². The van der Waals surface area contributed by atoms with Gasteiger partial charge < -0.3 is 10.1 Å². The van der Waals surface area contributed by atoms with Gasteiger partial charge in [-0.2, -0.15) is 11.8 Å². The molecule has 0 aromatic heterocycles. The Balaban J connectivity index is 1.48. The second-order valence-electron chi connectivity index (χ2n) is 7.93. The summed E-state index contributed by atoms with van der Waals surface area (Å²) in [6.45, 7) is 2.68. The lowest BCUT2D eigenvalue weighted by molar-refractivity contribution is -0.119. The van der Waals surface area contributed by atoms with E-state index in [2.05, 4.69) is 30.4 Å². The van der Waals surface area contributed by atoms with E-state index in [4.69, 9.17) is 4.74 Å². The first-order chi connectivity index (χ1) is 16.3. The van der Waals surface area contributed by atoms with Gasteiger partial charge >= 0.3 is 0 Å². The van der Waals surface area contributed by atoms with Crippen LogP contribution in [-0.4, -0.2) is 39.4 Å². The maximum Gasteiger partial charge on any atom is 0.240 e. The molecule has 0 saturated heterocycles. The number of rotatable bonds is 12. The van der Waals surface area contributed by atoms with Crippen LogP contribution in [0.3, 0.4) is 0 Å². The van der Waals surface area contributed by atoms with Crippen LogP contribution in [0, 0.1) is 6.92 Å². The molecule has 0 atom stereocenters. The minimum Gasteiger partial charge on any atom is -0.489 e. The van der Waals surface area contributed by atoms with E-state index in [-0.39, 0.29) is 12.5 Å². The van der Waals surface area contributed by atoms with Gasteiger partial charge in [-0.15, -0.1) is 0 Å². The summed E-state index contributed by atoms with van der Waals surface area (Å²) in [6, 6.07) is 24.8. The van der Waals surface area contributed by atoms with Crippen molar-refractivity contribution in [2.45, 2.75) is 19.3 Å². The quantitative estimate of drug-likeness (QED) is 0.375. The normalized spacial score (nSPS) is 11.1. The summed E-state index contributed by atoms with van der Waals surface area (Å²) in [4.78, 5) is 12.4. The molecule has 0 aliphatic rings. The van der Waals surface area contributed by atoms with Crippen molar-refractivity contribution in [3.05, 3.63) is 95.6 Å². The molecule has 0 radical (unpaired) electrons. The van der Waals surface area contributed by atoms with Gasteiger partial charge in [-0.3, -0.25) is 9.10 Å². The lowest BCUT2D eigenvalue weighted by Gasteiger charge is -2.22. The molecule has 0 heterocycles. The van der Waals surface area contributed by atoms with Gasteiger partial charge in [-0.25, -0.2) is 8.42 Å². The van der Waals surface area contributed by atoms with E-state index in [1.54, 1.807) is 36.0 Å². The molecule has 1 amide bonds. The highest BCUT2D eigenvalue weighted by molar-refractivity contribution is 7.98. The number of benzene rings is 3. The Labute approximate surface area is 206 Å². The molecule has 1 N–H and O–H groups in total. The van der Waals surface area contributed by atoms with Crippen molar-refractivity contribution in [1.29, 1.82) is 0 Å². The van der Waals surface area contributed by atoms with E-state index in [1.165, 1.54) is 11.1 Å². The van der Waals surface area contributed by atoms with Crippen molar-refractivity contribution in [3.8, 4) is 5.75 Å². The molecule has 3 rings (SSSR count). The van der Waals surface area contributed by atoms with Crippen molar-refractivity contribution >= 4 is 33.4 Å². The highest BCUT2D eigenvalue weighted by atomic mass is 32.2. The summed E-state index contributed by atoms with van der Waals surface area (Å²) in [5.41, 5.74) is 3.93. The lowest BCUT2D eigenvalue weighted by Crippen LogP contribution is -2.41. The van der Waals surface area contributed by atoms with Crippen LogP contribution in [0.25, 0.3) is 0 Å². The molecule has 0 saturated carbocycles. The zero-order valence-corrected chi connectivity index (χ0v) is 21.1. The Hall–Kier alpha value is -2.97. The predicted octanol–water partition coefficient (Wildman–Crippen LogP) is 4.39. The Kier molecular flexibility index (Phi) is 9.42. The smallest absolute Gasteiger partial charge is 0.240 e. The van der Waals surface area contributed by atoms with Gasteiger partial charge in [-0.1, -0.05) is 60.2 Å². The van der Waals surface area contributed by atoms with Crippen LogP contribution >= 0.6 is 11.8 Å². The summed E-state index contributed by atoms with van der Waals surface area (Å²) in [6.07, 6.45) is 1.10. The zero-order chi connectivity index (χ0) is 24.4. The Morgan fingerprint density at radius 3 is 2.35 bits per heavy atom. The van der Waals surface area contributed by atoms with Crippen molar-refractivity contribution in [2.75, 3.05) is 29.4 Å². The number of anilines is 1. The van der Waals surface area contributed by atoms with Crippen LogP contribution < -0.4 is 14.4 Å². The molecule has 6 nitrogen and oxygen atoms in total. The Morgan fingerprint density at radius 2 is 1.68 bits per heavy atom. The highest BCUT2D eigenvalue weighted by Gasteiger charge is 2.20. The van der Waals surface area contributed by atoms with Crippen LogP contribution in [0.2, 0.25) is 0 Å². The third kappa shape index (κ3) is 8.43. The largest absolute Gasteiger partial charge is 0.489 e. The fourth-order valence-corrected chi connectivity index (χ4v) is 4.95. The SMILES string of the molecule is Cc1cccc(CSCCNC(=O)CN(c2ccc(OCc3ccccc3)cc2)S(C)(=O)=O)c1. The number of aryl methyl sites for hydroxylation is 1. The van der Waals surface area contributed by atoms with E-state index in [9.17, 15) is 13.2 Å². The summed E-state index contributed by atoms with van der Waals surface area (Å²) in [7, 11) is -3.63. The molecular formula is C26H30N2O4S2. The van der Waals surface area contributed by atoms with Gasteiger partial charge in [-0.05, 0) is 42.3 Å². The van der Waals surface area contributed by atoms with Crippen LogP contribution in [0.4, 0.5) is 5.69 Å². The number of sulfonamides is 1. The predicted molar refractivity (Wildman–Crippen MR) is 140 cm³/mol. The summed E-state index contributed by atoms with van der Waals surface area (Å²) < 4.78 is 31.5. The number of carbonyl (C=O) groups is 1. The molecule has 0 unspecified atom stereocenters. The van der Waals surface area contributed by atoms with Gasteiger partial charge in [0.1, 0.15) is 18.9 Å². The third-order valence-electron chi connectivity index (χ3n) is 4.98. The van der Waals surface area contributed by atoms with Gasteiger partial charge in [0.05, 0.1) is 11.9 Å². The van der Waals surface area contributed by atoms with E-state index in [1.807, 2.05) is 36.4 Å². The van der Waals surface area contributed by atoms with E-state index in [0.29, 0.717) is 24.6 Å². The lowest BCUT2D eigenvalue weighted by atomic mass is 10.2. The minimum atomic E-state index is -3.63. The molecule has 180 valence electrons. The number of carbonyl (C=O) groups excluding carboxylic acids is 1. The monoisotopic (exact) mass is 498 g/mol. The van der Waals surface area contributed by atoms with Crippen LogP contribution in [-0.2, 0) is 27.2 Å². The zero-order valence-electron chi connectivity index (χ0n) is 19.4. The number of hydrogen-bond acceptors (Lipinski definition) is 5. The summed E-state index contributed by atoms with van der Waals surface area (Å²) in [5.74, 6) is 1.89. The number of hydrogen-bond donors (Lipinski definition) is 1. The third-order valence-corrected chi connectivity index (χ3v) is 7.15. The van der Waals surface area contributed by atoms with Crippen LogP contribution in [0.5, 0.6) is 5.75 Å². The fourth-order valence-electron chi connectivity index (χ4n) is 3.29. The minimum absolute atomic E-state index is 0.272. The van der Waals surface area contributed by atoms with E-state index < -0.39 is 10.0 Å². The second kappa shape index (κ2) is 12.5. The van der Waals surface area contributed by atoms with Crippen molar-refractivity contribution in [2.24, 2.45) is 0 Å². The molecule has 0 bridgehead atoms. The first-order valence-corrected chi connectivity index (χ1v) is 14.0. The van der Waals surface area contributed by atoms with Gasteiger partial charge in [0.2, 0.25) is 15.9 Å². The van der Waals surface area contributed by atoms with Gasteiger partial charge in [0.25, 0.3) is 0 Å². The second-order valence-corrected chi connectivity index (χ2v) is 10.9. The summed E-state index contributed by atoms with van der Waals surface area (Å²) in [5, 5.41) is 2.81. The van der Waals surface area contributed by atoms with Crippen LogP contribution in [0.1, 0.15) is 16.7 Å². The number of amides is 1. The first kappa shape index (κ1) is 25.6. The molecule has 3 aromatic rings. The highest BCUT2D eigenvalue weighted by Crippen LogP contribution is 2.22. The Morgan fingerprint density at radius 1 is 0.971 bits per heavy atom. The van der Waals surface area contributed by atoms with Crippen molar-refractivity contribution in [3.63, 3.8) is 0 Å². The maximum atomic E-state index is 12.4. The molecule has 0 fully saturated rings. The fraction of sp³-hybridized carbons (Fsp3) is 0.269. The van der Waals surface area contributed by atoms with E-state index >= 15 is 0 Å². The maximum absolute atomic E-state index is 12.4. The number of nitrogens with zero attached hydrogens (tertiary/aromatic N) is 1. The topological polar surface area (TPSA) is 75.7 Å². The van der Waals surface area contributed by atoms with Crippen LogP contribution in [0.15, 0.2) is 78.9 Å². The van der Waals surface area contributed by atoms with Crippen molar-refractivity contribution in [1.82, 2.24) is 5.32 Å². The standard InChI is InChI=1S/C26H30N2O4S2/c1-21-7-6-10-23(17-21)20-33-16-15-27-26(29)18-28(34(2,30)31)24-11-13-25(14-12-24)32-19-22-8-4-3-5-9-22/h3-14,17H,15-16,18-20H2,1-2H3,(H,27,29). The average Bonchev–Trinajstić information content (AvgIpc) is 2.81. The van der Waals surface area contributed by atoms with Crippen molar-refractivity contribution < 1.29 is 17.9 Å². The van der Waals surface area contributed by atoms with Gasteiger partial charge in [0, 0.05) is 18.1 Å². The number of ether oxygens (including phenoxy) is 1. The van der Waals surface area contributed by atoms with E-state index in [0.717, 1.165) is 27.6 Å². The first-order valence-electron chi connectivity index (χ1n) is 11.0. The molecule has 0 aliphatic heterocycles. The molecule has 34 heavy (non-hydrogen) atoms. The molecule has 0 spiro atoms. The number of thioether (sulfide) groups is 1. The molecule has 3 aromatic carbocycles. The molecule has 8 heteroatoms. The molecule has 0 aliphatic carbocycles. The number of nitrogens with one attached hydrogen (secondary N) is 1. The Bertz CT molecular complexity index is 1170. The summed E-state index contributed by atoms with van der Waals surface area (Å²) >= 11 is 1.72. The average molecular weight is 499 g/mol.